The second kappa shape index (κ2) is 5.85. The van der Waals surface area contributed by atoms with Crippen molar-refractivity contribution in [1.82, 2.24) is 9.80 Å². The lowest BCUT2D eigenvalue weighted by molar-refractivity contribution is 0.175. The Morgan fingerprint density at radius 1 is 1.12 bits per heavy atom. The average molecular weight is 237 g/mol. The summed E-state index contributed by atoms with van der Waals surface area (Å²) in [4.78, 5) is 4.67. The van der Waals surface area contributed by atoms with E-state index in [-0.39, 0.29) is 0 Å². The molecule has 1 saturated carbocycles. The molecule has 1 heterocycles. The minimum Gasteiger partial charge on any atom is -0.359 e. The third-order valence-electron chi connectivity index (χ3n) is 4.52. The van der Waals surface area contributed by atoms with Crippen LogP contribution in [0, 0.1) is 11.3 Å². The zero-order chi connectivity index (χ0) is 12.3. The Labute approximate surface area is 106 Å². The van der Waals surface area contributed by atoms with Crippen LogP contribution >= 0.6 is 0 Å². The maximum atomic E-state index is 8.40. The van der Waals surface area contributed by atoms with E-state index in [0.29, 0.717) is 12.0 Å². The van der Waals surface area contributed by atoms with E-state index in [9.17, 15) is 0 Å². The lowest BCUT2D eigenvalue weighted by Crippen LogP contribution is -2.48. The minimum absolute atomic E-state index is 0.543. The number of likely N-dealkylation sites (N-methyl/N-ethyl adjacent to an activating group) is 2. The monoisotopic (exact) mass is 237 g/mol. The van der Waals surface area contributed by atoms with E-state index in [0.717, 1.165) is 12.4 Å². The zero-order valence-corrected chi connectivity index (χ0v) is 11.4. The van der Waals surface area contributed by atoms with Gasteiger partial charge < -0.3 is 9.80 Å². The number of hydrogen-bond donors (Lipinski definition) is 1. The number of amidine groups is 1. The van der Waals surface area contributed by atoms with E-state index >= 15 is 0 Å². The summed E-state index contributed by atoms with van der Waals surface area (Å²) in [5, 5.41) is 8.40. The summed E-state index contributed by atoms with van der Waals surface area (Å²) in [6, 6.07) is 0.572. The first-order valence-electron chi connectivity index (χ1n) is 7.18. The molecule has 0 spiro atoms. The quantitative estimate of drug-likeness (QED) is 0.591. The lowest BCUT2D eigenvalue weighted by Gasteiger charge is -2.39. The van der Waals surface area contributed by atoms with Gasteiger partial charge in [0.1, 0.15) is 0 Å². The van der Waals surface area contributed by atoms with Gasteiger partial charge in [-0.05, 0) is 39.3 Å². The standard InChI is InChI=1S/C14H27N3/c1-16-10-6-9-13(11-16)17(2)14(15)12-7-4-3-5-8-12/h12-13,15H,3-11H2,1-2H3. The van der Waals surface area contributed by atoms with Gasteiger partial charge in [-0.1, -0.05) is 19.3 Å². The van der Waals surface area contributed by atoms with E-state index in [4.69, 9.17) is 5.41 Å². The third kappa shape index (κ3) is 3.21. The second-order valence-electron chi connectivity index (χ2n) is 5.89. The van der Waals surface area contributed by atoms with Gasteiger partial charge in [-0.2, -0.15) is 0 Å². The van der Waals surface area contributed by atoms with Gasteiger partial charge in [-0.3, -0.25) is 5.41 Å². The smallest absolute Gasteiger partial charge is 0.0989 e. The van der Waals surface area contributed by atoms with Gasteiger partial charge in [-0.25, -0.2) is 0 Å². The van der Waals surface area contributed by atoms with Crippen LogP contribution in [-0.4, -0.2) is 48.9 Å². The Morgan fingerprint density at radius 3 is 2.47 bits per heavy atom. The van der Waals surface area contributed by atoms with Crippen molar-refractivity contribution in [1.29, 1.82) is 5.41 Å². The third-order valence-corrected chi connectivity index (χ3v) is 4.52. The highest BCUT2D eigenvalue weighted by molar-refractivity contribution is 5.81. The highest BCUT2D eigenvalue weighted by Crippen LogP contribution is 2.26. The number of hydrogen-bond acceptors (Lipinski definition) is 2. The summed E-state index contributed by atoms with van der Waals surface area (Å²) in [5.74, 6) is 1.45. The van der Waals surface area contributed by atoms with Crippen molar-refractivity contribution in [2.75, 3.05) is 27.2 Å². The van der Waals surface area contributed by atoms with Gasteiger partial charge in [0.25, 0.3) is 0 Å². The van der Waals surface area contributed by atoms with Crippen molar-refractivity contribution in [3.63, 3.8) is 0 Å². The number of likely N-dealkylation sites (tertiary alicyclic amines) is 1. The largest absolute Gasteiger partial charge is 0.359 e. The Hall–Kier alpha value is -0.570. The summed E-state index contributed by atoms with van der Waals surface area (Å²) >= 11 is 0. The molecule has 0 bridgehead atoms. The van der Waals surface area contributed by atoms with Crippen molar-refractivity contribution in [3.05, 3.63) is 0 Å². The van der Waals surface area contributed by atoms with Crippen molar-refractivity contribution in [2.24, 2.45) is 5.92 Å². The average Bonchev–Trinajstić information content (AvgIpc) is 2.38. The Kier molecular flexibility index (Phi) is 4.43. The molecule has 0 aromatic carbocycles. The predicted octanol–water partition coefficient (Wildman–Crippen LogP) is 2.57. The SMILES string of the molecule is CN1CCCC(N(C)C(=N)C2CCCCC2)C1. The number of rotatable bonds is 2. The zero-order valence-electron chi connectivity index (χ0n) is 11.4. The summed E-state index contributed by atoms with van der Waals surface area (Å²) < 4.78 is 0. The molecule has 1 atom stereocenters. The number of nitrogens with zero attached hydrogens (tertiary/aromatic N) is 2. The van der Waals surface area contributed by atoms with E-state index in [2.05, 4.69) is 23.9 Å². The topological polar surface area (TPSA) is 30.3 Å². The van der Waals surface area contributed by atoms with Crippen LogP contribution in [0.4, 0.5) is 0 Å². The first kappa shape index (κ1) is 12.9. The van der Waals surface area contributed by atoms with E-state index in [1.165, 1.54) is 51.5 Å². The van der Waals surface area contributed by atoms with Gasteiger partial charge in [-0.15, -0.1) is 0 Å². The maximum Gasteiger partial charge on any atom is 0.0989 e. The molecular formula is C14H27N3. The summed E-state index contributed by atoms with van der Waals surface area (Å²) in [6.07, 6.45) is 9.05. The number of nitrogens with one attached hydrogen (secondary N) is 1. The molecule has 1 aliphatic carbocycles. The van der Waals surface area contributed by atoms with E-state index in [1.807, 2.05) is 0 Å². The number of piperidine rings is 1. The fourth-order valence-corrected chi connectivity index (χ4v) is 3.32. The van der Waals surface area contributed by atoms with Crippen LogP contribution in [0.2, 0.25) is 0 Å². The molecule has 2 aliphatic rings. The van der Waals surface area contributed by atoms with Crippen LogP contribution in [0.3, 0.4) is 0 Å². The molecule has 3 nitrogen and oxygen atoms in total. The van der Waals surface area contributed by atoms with Crippen LogP contribution in [0.5, 0.6) is 0 Å². The molecule has 17 heavy (non-hydrogen) atoms. The molecule has 98 valence electrons. The molecule has 0 aromatic rings. The minimum atomic E-state index is 0.543. The molecule has 1 saturated heterocycles. The van der Waals surface area contributed by atoms with Crippen molar-refractivity contribution in [3.8, 4) is 0 Å². The molecule has 1 aliphatic heterocycles. The molecule has 2 rings (SSSR count). The maximum absolute atomic E-state index is 8.40. The van der Waals surface area contributed by atoms with Gasteiger partial charge in [0, 0.05) is 25.6 Å². The molecule has 1 N–H and O–H groups in total. The van der Waals surface area contributed by atoms with Gasteiger partial charge in [0.15, 0.2) is 0 Å². The molecule has 2 fully saturated rings. The summed E-state index contributed by atoms with van der Waals surface area (Å²) in [5.41, 5.74) is 0. The molecule has 1 unspecified atom stereocenters. The van der Waals surface area contributed by atoms with Crippen molar-refractivity contribution >= 4 is 5.84 Å². The fourth-order valence-electron chi connectivity index (χ4n) is 3.32. The van der Waals surface area contributed by atoms with Gasteiger partial charge in [0.2, 0.25) is 0 Å². The molecule has 3 heteroatoms. The Morgan fingerprint density at radius 2 is 1.82 bits per heavy atom. The molecular weight excluding hydrogens is 210 g/mol. The Balaban J connectivity index is 1.89. The van der Waals surface area contributed by atoms with Gasteiger partial charge in [0.05, 0.1) is 5.84 Å². The highest BCUT2D eigenvalue weighted by atomic mass is 15.2. The predicted molar refractivity (Wildman–Crippen MR) is 72.6 cm³/mol. The first-order valence-corrected chi connectivity index (χ1v) is 7.18. The molecule has 0 aromatic heterocycles. The normalized spacial score (nSPS) is 28.0. The fraction of sp³-hybridized carbons (Fsp3) is 0.929. The summed E-state index contributed by atoms with van der Waals surface area (Å²) in [6.45, 7) is 2.35. The van der Waals surface area contributed by atoms with Crippen LogP contribution in [-0.2, 0) is 0 Å². The van der Waals surface area contributed by atoms with Crippen molar-refractivity contribution < 1.29 is 0 Å². The van der Waals surface area contributed by atoms with Crippen LogP contribution in [0.1, 0.15) is 44.9 Å². The first-order chi connectivity index (χ1) is 8.18. The van der Waals surface area contributed by atoms with Crippen LogP contribution in [0.15, 0.2) is 0 Å². The summed E-state index contributed by atoms with van der Waals surface area (Å²) in [7, 11) is 4.34. The van der Waals surface area contributed by atoms with Gasteiger partial charge >= 0.3 is 0 Å². The second-order valence-corrected chi connectivity index (χ2v) is 5.89. The van der Waals surface area contributed by atoms with Crippen molar-refractivity contribution in [2.45, 2.75) is 51.0 Å². The van der Waals surface area contributed by atoms with Crippen LogP contribution in [0.25, 0.3) is 0 Å². The molecule has 0 amide bonds. The Bertz CT molecular complexity index is 258. The van der Waals surface area contributed by atoms with E-state index < -0.39 is 0 Å². The lowest BCUT2D eigenvalue weighted by atomic mass is 9.87. The molecule has 0 radical (unpaired) electrons. The highest BCUT2D eigenvalue weighted by Gasteiger charge is 2.27. The van der Waals surface area contributed by atoms with E-state index in [1.54, 1.807) is 0 Å². The van der Waals surface area contributed by atoms with Crippen LogP contribution < -0.4 is 0 Å².